The summed E-state index contributed by atoms with van der Waals surface area (Å²) in [6.07, 6.45) is -4.51. The van der Waals surface area contributed by atoms with Gasteiger partial charge in [-0.15, -0.1) is 0 Å². The number of esters is 3. The van der Waals surface area contributed by atoms with E-state index in [9.17, 15) is 32.1 Å². The van der Waals surface area contributed by atoms with E-state index >= 15 is 0 Å². The number of hydrogen-bond acceptors (Lipinski definition) is 14. The molecule has 3 aromatic rings. The van der Waals surface area contributed by atoms with Crippen LogP contribution in [-0.2, 0) is 42.4 Å². The van der Waals surface area contributed by atoms with Crippen LogP contribution in [0.15, 0.2) is 48.8 Å². The highest BCUT2D eigenvalue weighted by atomic mass is 31.2. The number of nitrogens with one attached hydrogen (secondary N) is 1. The fourth-order valence-electron chi connectivity index (χ4n) is 6.60. The van der Waals surface area contributed by atoms with Crippen molar-refractivity contribution < 1.29 is 60.1 Å². The Labute approximate surface area is 322 Å². The summed E-state index contributed by atoms with van der Waals surface area (Å²) >= 11 is 0. The maximum Gasteiger partial charge on any atom is 0.459 e. The standard InChI is InChI=1S/C36H48F3N6O10P/c1-5-29(46)53-32-31(27-12-13-28-33(40)41-22-42-45(27)28)51-21-35(32,54-30(47)6-2)23(3)18-52-56(49,55-26-10-8-7-9-11-26)43-24(4)34(48)50-19-25-14-16-44(17-15-25)20-36(37,38)39/h7-13,22-25,31-32H,5-6,14-21H2,1-4H3,(H,43,49)(H2,40,41,42)/t23-,24-,31-,32-,35-,56-/m0/s1. The first-order valence-electron chi connectivity index (χ1n) is 18.4. The number of piperidine rings is 1. The molecule has 0 saturated carbocycles. The van der Waals surface area contributed by atoms with E-state index in [1.165, 1.54) is 34.8 Å². The number of ether oxygens (including phenoxy) is 4. The summed E-state index contributed by atoms with van der Waals surface area (Å²) in [4.78, 5) is 44.4. The molecule has 20 heteroatoms. The van der Waals surface area contributed by atoms with Crippen LogP contribution in [0, 0.1) is 11.8 Å². The third-order valence-corrected chi connectivity index (χ3v) is 11.4. The number of nitrogens with two attached hydrogens (primary N) is 1. The molecule has 1 aromatic carbocycles. The smallest absolute Gasteiger partial charge is 0.459 e. The topological polar surface area (TPSA) is 195 Å². The zero-order valence-electron chi connectivity index (χ0n) is 31.6. The summed E-state index contributed by atoms with van der Waals surface area (Å²) in [7, 11) is -4.44. The number of alkyl halides is 3. The first-order chi connectivity index (χ1) is 26.6. The monoisotopic (exact) mass is 812 g/mol. The van der Waals surface area contributed by atoms with Crippen LogP contribution < -0.4 is 15.3 Å². The second kappa shape index (κ2) is 18.3. The van der Waals surface area contributed by atoms with E-state index in [4.69, 9.17) is 33.7 Å². The SMILES string of the molecule is CCC(=O)O[C@H]1[C@H](c2ccc3c(N)ncnn23)OC[C@]1(OC(=O)CC)[C@@H](C)CO[P@@](=O)(N[C@@H](C)C(=O)OCC1CCN(CC(F)(F)F)CC1)Oc1ccccc1. The molecule has 2 aliphatic rings. The largest absolute Gasteiger partial charge is 0.464 e. The van der Waals surface area contributed by atoms with Gasteiger partial charge in [0.1, 0.15) is 29.7 Å². The van der Waals surface area contributed by atoms with Crippen molar-refractivity contribution in [1.29, 1.82) is 0 Å². The Morgan fingerprint density at radius 2 is 1.77 bits per heavy atom. The number of carbonyl (C=O) groups is 3. The Kier molecular flexibility index (Phi) is 14.0. The Balaban J connectivity index is 1.34. The van der Waals surface area contributed by atoms with Crippen molar-refractivity contribution in [2.24, 2.45) is 11.8 Å². The van der Waals surface area contributed by atoms with E-state index in [-0.39, 0.29) is 56.6 Å². The van der Waals surface area contributed by atoms with Gasteiger partial charge in [0.05, 0.1) is 32.1 Å². The highest BCUT2D eigenvalue weighted by Gasteiger charge is 2.60. The number of anilines is 1. The van der Waals surface area contributed by atoms with Crippen molar-refractivity contribution in [2.75, 3.05) is 45.2 Å². The molecule has 5 rings (SSSR count). The van der Waals surface area contributed by atoms with Crippen molar-refractivity contribution in [1.82, 2.24) is 24.6 Å². The molecule has 0 radical (unpaired) electrons. The van der Waals surface area contributed by atoms with E-state index in [0.717, 1.165) is 0 Å². The van der Waals surface area contributed by atoms with Crippen molar-refractivity contribution in [3.8, 4) is 5.75 Å². The summed E-state index contributed by atoms with van der Waals surface area (Å²) in [6.45, 7) is 4.96. The normalized spacial score (nSPS) is 22.9. The number of likely N-dealkylation sites (tertiary alicyclic amines) is 1. The van der Waals surface area contributed by atoms with Crippen molar-refractivity contribution in [3.05, 3.63) is 54.5 Å². The van der Waals surface area contributed by atoms with Crippen molar-refractivity contribution in [3.63, 3.8) is 0 Å². The molecule has 0 bridgehead atoms. The van der Waals surface area contributed by atoms with Crippen LogP contribution in [-0.4, -0.2) is 101 Å². The van der Waals surface area contributed by atoms with Gasteiger partial charge in [0, 0.05) is 18.8 Å². The molecule has 2 fully saturated rings. The van der Waals surface area contributed by atoms with E-state index in [1.54, 1.807) is 51.1 Å². The van der Waals surface area contributed by atoms with Crippen LogP contribution in [0.1, 0.15) is 65.2 Å². The predicted molar refractivity (Wildman–Crippen MR) is 194 cm³/mol. The molecule has 0 unspecified atom stereocenters. The molecule has 2 aromatic heterocycles. The van der Waals surface area contributed by atoms with E-state index < -0.39 is 74.8 Å². The number of hydrogen-bond donors (Lipinski definition) is 2. The fraction of sp³-hybridized carbons (Fsp3) is 0.583. The van der Waals surface area contributed by atoms with Gasteiger partial charge >= 0.3 is 31.8 Å². The number of para-hydroxylation sites is 1. The molecule has 0 aliphatic carbocycles. The van der Waals surface area contributed by atoms with Gasteiger partial charge in [-0.05, 0) is 63.0 Å². The second-order valence-corrected chi connectivity index (χ2v) is 15.6. The summed E-state index contributed by atoms with van der Waals surface area (Å²) in [6, 6.07) is 10.2. The van der Waals surface area contributed by atoms with E-state index in [0.29, 0.717) is 24.1 Å². The first kappa shape index (κ1) is 42.8. The molecule has 6 atom stereocenters. The highest BCUT2D eigenvalue weighted by Crippen LogP contribution is 2.49. The molecule has 0 amide bonds. The number of carbonyl (C=O) groups excluding carboxylic acids is 3. The van der Waals surface area contributed by atoms with Crippen LogP contribution in [0.25, 0.3) is 5.52 Å². The van der Waals surface area contributed by atoms with Gasteiger partial charge in [-0.3, -0.25) is 23.8 Å². The number of aromatic nitrogens is 3. The number of nitrogen functional groups attached to an aromatic ring is 1. The predicted octanol–water partition coefficient (Wildman–Crippen LogP) is 5.03. The van der Waals surface area contributed by atoms with Gasteiger partial charge in [-0.25, -0.2) is 14.1 Å². The highest BCUT2D eigenvalue weighted by molar-refractivity contribution is 7.52. The molecule has 4 heterocycles. The zero-order chi connectivity index (χ0) is 40.7. The Hall–Kier alpha value is -4.29. The third-order valence-electron chi connectivity index (χ3n) is 9.76. The lowest BCUT2D eigenvalue weighted by atomic mass is 9.83. The van der Waals surface area contributed by atoms with Gasteiger partial charge in [-0.2, -0.15) is 23.4 Å². The maximum atomic E-state index is 14.5. The lowest BCUT2D eigenvalue weighted by Gasteiger charge is -2.39. The molecule has 3 N–H and O–H groups in total. The van der Waals surface area contributed by atoms with Crippen LogP contribution in [0.4, 0.5) is 19.0 Å². The minimum atomic E-state index is -4.44. The van der Waals surface area contributed by atoms with Gasteiger partial charge in [0.2, 0.25) is 0 Å². The molecule has 2 saturated heterocycles. The van der Waals surface area contributed by atoms with E-state index in [2.05, 4.69) is 15.2 Å². The van der Waals surface area contributed by atoms with Crippen molar-refractivity contribution >= 4 is 37.0 Å². The van der Waals surface area contributed by atoms with Gasteiger partial charge in [0.15, 0.2) is 17.5 Å². The number of nitrogens with zero attached hydrogens (tertiary/aromatic N) is 4. The summed E-state index contributed by atoms with van der Waals surface area (Å²) in [5.41, 5.74) is 5.29. The lowest BCUT2D eigenvalue weighted by molar-refractivity contribution is -0.191. The Morgan fingerprint density at radius 3 is 2.43 bits per heavy atom. The number of benzene rings is 1. The Bertz CT molecular complexity index is 1860. The zero-order valence-corrected chi connectivity index (χ0v) is 32.5. The quantitative estimate of drug-likeness (QED) is 0.105. The second-order valence-electron chi connectivity index (χ2n) is 13.9. The maximum absolute atomic E-state index is 14.5. The van der Waals surface area contributed by atoms with E-state index in [1.807, 2.05) is 0 Å². The average molecular weight is 813 g/mol. The fourth-order valence-corrected chi connectivity index (χ4v) is 8.18. The number of fused-ring (bicyclic) bond motifs is 1. The summed E-state index contributed by atoms with van der Waals surface area (Å²) < 4.78 is 90.0. The molecule has 16 nitrogen and oxygen atoms in total. The van der Waals surface area contributed by atoms with Crippen LogP contribution in [0.3, 0.4) is 0 Å². The van der Waals surface area contributed by atoms with Crippen LogP contribution >= 0.6 is 7.75 Å². The molecular weight excluding hydrogens is 764 g/mol. The number of halogens is 3. The lowest BCUT2D eigenvalue weighted by Crippen LogP contribution is -2.54. The molecule has 0 spiro atoms. The number of rotatable bonds is 17. The first-order valence-corrected chi connectivity index (χ1v) is 19.9. The Morgan fingerprint density at radius 1 is 1.07 bits per heavy atom. The summed E-state index contributed by atoms with van der Waals surface area (Å²) in [5.74, 6) is -2.71. The van der Waals surface area contributed by atoms with Crippen LogP contribution in [0.5, 0.6) is 5.75 Å². The van der Waals surface area contributed by atoms with Gasteiger partial charge in [-0.1, -0.05) is 39.0 Å². The molecule has 56 heavy (non-hydrogen) atoms. The van der Waals surface area contributed by atoms with Crippen molar-refractivity contribution in [2.45, 2.75) is 83.4 Å². The average Bonchev–Trinajstić information content (AvgIpc) is 3.75. The molecule has 2 aliphatic heterocycles. The minimum Gasteiger partial charge on any atom is -0.464 e. The molecular formula is C36H48F3N6O10P. The molecule has 308 valence electrons. The van der Waals surface area contributed by atoms with Gasteiger partial charge < -0.3 is 29.2 Å². The van der Waals surface area contributed by atoms with Crippen LogP contribution in [0.2, 0.25) is 0 Å². The minimum absolute atomic E-state index is 0.00873. The van der Waals surface area contributed by atoms with Gasteiger partial charge in [0.25, 0.3) is 0 Å². The summed E-state index contributed by atoms with van der Waals surface area (Å²) in [5, 5.41) is 6.92. The third kappa shape index (κ3) is 10.6.